The average Bonchev–Trinajstić information content (AvgIpc) is 3.02. The number of fused-ring (bicyclic) bond motifs is 1. The fourth-order valence-electron chi connectivity index (χ4n) is 2.79. The topological polar surface area (TPSA) is 73.2 Å². The molecule has 2 heterocycles. The second-order valence-corrected chi connectivity index (χ2v) is 8.85. The molecule has 0 saturated carbocycles. The Kier molecular flexibility index (Phi) is 6.62. The highest BCUT2D eigenvalue weighted by molar-refractivity contribution is 8.00. The van der Waals surface area contributed by atoms with E-state index in [9.17, 15) is 9.59 Å². The summed E-state index contributed by atoms with van der Waals surface area (Å²) in [6.07, 6.45) is 0.781. The van der Waals surface area contributed by atoms with E-state index in [1.807, 2.05) is 31.2 Å². The molecule has 0 fully saturated rings. The molecule has 0 radical (unpaired) electrons. The molecule has 1 aliphatic heterocycles. The maximum atomic E-state index is 12.8. The Bertz CT molecular complexity index is 881. The van der Waals surface area contributed by atoms with Crippen LogP contribution in [0.4, 0.5) is 5.69 Å². The molecule has 8 heteroatoms. The number of carbonyl (C=O) groups is 1. The van der Waals surface area contributed by atoms with Crippen LogP contribution in [0.2, 0.25) is 0 Å². The van der Waals surface area contributed by atoms with Crippen LogP contribution < -0.4 is 10.9 Å². The lowest BCUT2D eigenvalue weighted by Crippen LogP contribution is -2.27. The van der Waals surface area contributed by atoms with Crippen molar-refractivity contribution in [3.63, 3.8) is 0 Å². The van der Waals surface area contributed by atoms with Crippen molar-refractivity contribution >= 4 is 35.1 Å². The van der Waals surface area contributed by atoms with Crippen LogP contribution in [0.1, 0.15) is 18.2 Å². The summed E-state index contributed by atoms with van der Waals surface area (Å²) >= 11 is 2.86. The third-order valence-electron chi connectivity index (χ3n) is 4.15. The molecular weight excluding hydrogens is 382 g/mol. The van der Waals surface area contributed by atoms with Gasteiger partial charge in [0.2, 0.25) is 5.91 Å². The summed E-state index contributed by atoms with van der Waals surface area (Å²) in [4.78, 5) is 30.5. The quantitative estimate of drug-likeness (QED) is 0.564. The van der Waals surface area contributed by atoms with Crippen molar-refractivity contribution in [3.05, 3.63) is 45.9 Å². The summed E-state index contributed by atoms with van der Waals surface area (Å²) in [5, 5.41) is 3.79. The van der Waals surface area contributed by atoms with Crippen LogP contribution in [0.15, 0.2) is 39.1 Å². The van der Waals surface area contributed by atoms with Crippen LogP contribution in [-0.2, 0) is 22.5 Å². The number of hydrogen-bond donors (Lipinski definition) is 1. The summed E-state index contributed by atoms with van der Waals surface area (Å²) in [7, 11) is 1.60. The lowest BCUT2D eigenvalue weighted by molar-refractivity contribution is -0.113. The van der Waals surface area contributed by atoms with Gasteiger partial charge in [-0.1, -0.05) is 36.4 Å². The Hall–Kier alpha value is -1.77. The maximum absolute atomic E-state index is 12.8. The molecule has 3 rings (SSSR count). The molecule has 0 spiro atoms. The first kappa shape index (κ1) is 20.0. The van der Waals surface area contributed by atoms with Crippen LogP contribution in [0.25, 0.3) is 0 Å². The van der Waals surface area contributed by atoms with E-state index in [4.69, 9.17) is 4.74 Å². The number of benzene rings is 1. The summed E-state index contributed by atoms with van der Waals surface area (Å²) in [6, 6.07) is 7.65. The predicted molar refractivity (Wildman–Crippen MR) is 110 cm³/mol. The van der Waals surface area contributed by atoms with Gasteiger partial charge in [-0.25, -0.2) is 4.98 Å². The van der Waals surface area contributed by atoms with E-state index in [1.54, 1.807) is 23.4 Å². The van der Waals surface area contributed by atoms with Gasteiger partial charge in [-0.05, 0) is 19.1 Å². The molecule has 0 saturated heterocycles. The van der Waals surface area contributed by atoms with Crippen LogP contribution >= 0.6 is 23.5 Å². The lowest BCUT2D eigenvalue weighted by Gasteiger charge is -2.13. The van der Waals surface area contributed by atoms with Gasteiger partial charge >= 0.3 is 0 Å². The highest BCUT2D eigenvalue weighted by Gasteiger charge is 2.26. The van der Waals surface area contributed by atoms with Crippen LogP contribution in [0.5, 0.6) is 0 Å². The number of anilines is 1. The monoisotopic (exact) mass is 405 g/mol. The molecule has 1 aliphatic rings. The van der Waals surface area contributed by atoms with E-state index in [-0.39, 0.29) is 17.2 Å². The second kappa shape index (κ2) is 8.95. The Labute approximate surface area is 167 Å². The summed E-state index contributed by atoms with van der Waals surface area (Å²) in [5.74, 6) is 0.0639. The molecule has 1 N–H and O–H groups in total. The number of carbonyl (C=O) groups excluding carboxylic acids is 1. The number of thioether (sulfide) groups is 2. The first-order chi connectivity index (χ1) is 13.0. The molecule has 1 aromatic heterocycles. The average molecular weight is 406 g/mol. The molecule has 2 aromatic rings. The van der Waals surface area contributed by atoms with Crippen molar-refractivity contribution in [2.45, 2.75) is 42.1 Å². The third-order valence-corrected chi connectivity index (χ3v) is 6.34. The smallest absolute Gasteiger partial charge is 0.268 e. The van der Waals surface area contributed by atoms with Crippen LogP contribution in [0.3, 0.4) is 0 Å². The van der Waals surface area contributed by atoms with Gasteiger partial charge in [-0.3, -0.25) is 14.2 Å². The molecular formula is C19H23N3O3S2. The largest absolute Gasteiger partial charge is 0.383 e. The molecule has 1 atom stereocenters. The van der Waals surface area contributed by atoms with E-state index in [0.29, 0.717) is 23.6 Å². The first-order valence-corrected chi connectivity index (χ1v) is 10.6. The minimum absolute atomic E-state index is 0.0344. The van der Waals surface area contributed by atoms with Crippen LogP contribution in [0, 0.1) is 6.92 Å². The number of rotatable bonds is 7. The van der Waals surface area contributed by atoms with Gasteiger partial charge < -0.3 is 10.1 Å². The molecule has 6 nitrogen and oxygen atoms in total. The number of amides is 1. The predicted octanol–water partition coefficient (Wildman–Crippen LogP) is 2.97. The Balaban J connectivity index is 1.74. The zero-order valence-electron chi connectivity index (χ0n) is 15.7. The zero-order valence-corrected chi connectivity index (χ0v) is 17.3. The Morgan fingerprint density at radius 3 is 2.85 bits per heavy atom. The van der Waals surface area contributed by atoms with Gasteiger partial charge in [0.15, 0.2) is 5.16 Å². The Morgan fingerprint density at radius 2 is 2.15 bits per heavy atom. The van der Waals surface area contributed by atoms with Gasteiger partial charge in [0.1, 0.15) is 0 Å². The van der Waals surface area contributed by atoms with Crippen molar-refractivity contribution in [1.29, 1.82) is 0 Å². The summed E-state index contributed by atoms with van der Waals surface area (Å²) < 4.78 is 6.75. The van der Waals surface area contributed by atoms with E-state index in [1.165, 1.54) is 11.8 Å². The van der Waals surface area contributed by atoms with E-state index < -0.39 is 0 Å². The summed E-state index contributed by atoms with van der Waals surface area (Å²) in [6.45, 7) is 4.93. The third kappa shape index (κ3) is 4.94. The standard InChI is InChI=1S/C19H23N3O3S2/c1-12-4-6-14(7-5-12)20-16(23)11-26-19-21-15-10-13(2)27-17(15)18(24)22(19)8-9-25-3/h4-7,13H,8-11H2,1-3H3,(H,20,23)/t13-/m0/s1. The molecule has 1 amide bonds. The molecule has 144 valence electrons. The number of aryl methyl sites for hydroxylation is 1. The van der Waals surface area contributed by atoms with Crippen molar-refractivity contribution in [1.82, 2.24) is 9.55 Å². The number of methoxy groups -OCH3 is 1. The summed E-state index contributed by atoms with van der Waals surface area (Å²) in [5.41, 5.74) is 2.70. The second-order valence-electron chi connectivity index (χ2n) is 6.46. The van der Waals surface area contributed by atoms with Gasteiger partial charge in [0, 0.05) is 24.5 Å². The van der Waals surface area contributed by atoms with Crippen molar-refractivity contribution in [3.8, 4) is 0 Å². The number of ether oxygens (including phenoxy) is 1. The number of nitrogens with one attached hydrogen (secondary N) is 1. The normalized spacial score (nSPS) is 15.6. The zero-order chi connectivity index (χ0) is 19.4. The van der Waals surface area contributed by atoms with Crippen molar-refractivity contribution in [2.24, 2.45) is 0 Å². The van der Waals surface area contributed by atoms with E-state index in [2.05, 4.69) is 17.2 Å². The Morgan fingerprint density at radius 1 is 1.41 bits per heavy atom. The number of hydrogen-bond acceptors (Lipinski definition) is 6. The van der Waals surface area contributed by atoms with E-state index in [0.717, 1.165) is 28.3 Å². The molecule has 0 aliphatic carbocycles. The van der Waals surface area contributed by atoms with Gasteiger partial charge in [0.05, 0.1) is 29.5 Å². The highest BCUT2D eigenvalue weighted by atomic mass is 32.2. The van der Waals surface area contributed by atoms with Crippen molar-refractivity contribution < 1.29 is 9.53 Å². The van der Waals surface area contributed by atoms with Crippen LogP contribution in [-0.4, -0.2) is 40.2 Å². The molecule has 1 aromatic carbocycles. The van der Waals surface area contributed by atoms with Gasteiger partial charge in [0.25, 0.3) is 5.56 Å². The molecule has 0 unspecified atom stereocenters. The maximum Gasteiger partial charge on any atom is 0.268 e. The number of aromatic nitrogens is 2. The highest BCUT2D eigenvalue weighted by Crippen LogP contribution is 2.34. The van der Waals surface area contributed by atoms with Crippen molar-refractivity contribution in [2.75, 3.05) is 24.8 Å². The fourth-order valence-corrected chi connectivity index (χ4v) is 4.74. The first-order valence-electron chi connectivity index (χ1n) is 8.76. The molecule has 0 bridgehead atoms. The SMILES string of the molecule is COCCn1c(SCC(=O)Nc2ccc(C)cc2)nc2c(c1=O)S[C@@H](C)C2. The minimum atomic E-state index is -0.125. The lowest BCUT2D eigenvalue weighted by atomic mass is 10.2. The number of nitrogens with zero attached hydrogens (tertiary/aromatic N) is 2. The molecule has 27 heavy (non-hydrogen) atoms. The fraction of sp³-hybridized carbons (Fsp3) is 0.421. The van der Waals surface area contributed by atoms with E-state index >= 15 is 0 Å². The van der Waals surface area contributed by atoms with Gasteiger partial charge in [-0.2, -0.15) is 0 Å². The van der Waals surface area contributed by atoms with Gasteiger partial charge in [-0.15, -0.1) is 11.8 Å². The minimum Gasteiger partial charge on any atom is -0.383 e.